The SMILES string of the molecule is N#CCNC(=O)[C@H](Cc1cccc(O)c1)NC(=O)c1cccc(C(F)(F)F)c1. The Morgan fingerprint density at radius 3 is 2.50 bits per heavy atom. The molecule has 0 bridgehead atoms. The largest absolute Gasteiger partial charge is 0.508 e. The molecule has 1 atom stereocenters. The van der Waals surface area contributed by atoms with Crippen molar-refractivity contribution in [1.82, 2.24) is 10.6 Å². The average molecular weight is 391 g/mol. The summed E-state index contributed by atoms with van der Waals surface area (Å²) in [5, 5.41) is 22.8. The summed E-state index contributed by atoms with van der Waals surface area (Å²) < 4.78 is 38.5. The van der Waals surface area contributed by atoms with Gasteiger partial charge in [-0.25, -0.2) is 0 Å². The van der Waals surface area contributed by atoms with E-state index < -0.39 is 29.6 Å². The molecule has 0 fully saturated rings. The van der Waals surface area contributed by atoms with E-state index in [-0.39, 0.29) is 24.3 Å². The molecule has 146 valence electrons. The van der Waals surface area contributed by atoms with Gasteiger partial charge in [0.15, 0.2) is 0 Å². The third kappa shape index (κ3) is 5.74. The van der Waals surface area contributed by atoms with Crippen molar-refractivity contribution < 1.29 is 27.9 Å². The van der Waals surface area contributed by atoms with Gasteiger partial charge in [0, 0.05) is 12.0 Å². The molecule has 2 aromatic carbocycles. The number of nitrogens with one attached hydrogen (secondary N) is 2. The molecule has 0 radical (unpaired) electrons. The van der Waals surface area contributed by atoms with E-state index in [1.165, 1.54) is 18.2 Å². The van der Waals surface area contributed by atoms with Crippen molar-refractivity contribution in [3.05, 3.63) is 65.2 Å². The molecule has 0 aliphatic heterocycles. The number of alkyl halides is 3. The fraction of sp³-hybridized carbons (Fsp3) is 0.211. The Balaban J connectivity index is 2.22. The van der Waals surface area contributed by atoms with Crippen molar-refractivity contribution in [3.8, 4) is 11.8 Å². The van der Waals surface area contributed by atoms with E-state index in [0.717, 1.165) is 12.1 Å². The zero-order chi connectivity index (χ0) is 20.7. The van der Waals surface area contributed by atoms with Crippen LogP contribution >= 0.6 is 0 Å². The zero-order valence-electron chi connectivity index (χ0n) is 14.5. The number of carbonyl (C=O) groups excluding carboxylic acids is 2. The van der Waals surface area contributed by atoms with Crippen molar-refractivity contribution in [2.45, 2.75) is 18.6 Å². The molecular weight excluding hydrogens is 375 g/mol. The summed E-state index contributed by atoms with van der Waals surface area (Å²) in [5.41, 5.74) is -0.733. The minimum atomic E-state index is -4.61. The molecule has 0 aliphatic rings. The smallest absolute Gasteiger partial charge is 0.416 e. The Kier molecular flexibility index (Phi) is 6.60. The van der Waals surface area contributed by atoms with Crippen LogP contribution in [0.4, 0.5) is 13.2 Å². The first kappa shape index (κ1) is 20.8. The predicted molar refractivity (Wildman–Crippen MR) is 93.1 cm³/mol. The lowest BCUT2D eigenvalue weighted by atomic mass is 10.0. The number of aromatic hydroxyl groups is 1. The third-order valence-electron chi connectivity index (χ3n) is 3.77. The molecule has 2 aromatic rings. The molecule has 9 heteroatoms. The molecular formula is C19H16F3N3O3. The zero-order valence-corrected chi connectivity index (χ0v) is 14.5. The van der Waals surface area contributed by atoms with Crippen molar-refractivity contribution in [2.24, 2.45) is 0 Å². The van der Waals surface area contributed by atoms with Gasteiger partial charge in [0.2, 0.25) is 5.91 Å². The van der Waals surface area contributed by atoms with Crippen LogP contribution in [-0.2, 0) is 17.4 Å². The third-order valence-corrected chi connectivity index (χ3v) is 3.77. The van der Waals surface area contributed by atoms with Crippen molar-refractivity contribution in [1.29, 1.82) is 5.26 Å². The maximum atomic E-state index is 12.8. The van der Waals surface area contributed by atoms with Gasteiger partial charge in [-0.15, -0.1) is 0 Å². The molecule has 0 saturated heterocycles. The van der Waals surface area contributed by atoms with Crippen molar-refractivity contribution >= 4 is 11.8 Å². The molecule has 0 unspecified atom stereocenters. The van der Waals surface area contributed by atoms with Crippen LogP contribution in [-0.4, -0.2) is 29.5 Å². The number of rotatable bonds is 6. The highest BCUT2D eigenvalue weighted by molar-refractivity contribution is 5.97. The van der Waals surface area contributed by atoms with Gasteiger partial charge in [-0.1, -0.05) is 18.2 Å². The topological polar surface area (TPSA) is 102 Å². The van der Waals surface area contributed by atoms with E-state index in [9.17, 15) is 27.9 Å². The first-order valence-electron chi connectivity index (χ1n) is 8.11. The van der Waals surface area contributed by atoms with Gasteiger partial charge in [0.1, 0.15) is 18.3 Å². The number of halogens is 3. The van der Waals surface area contributed by atoms with Gasteiger partial charge in [0.25, 0.3) is 5.91 Å². The van der Waals surface area contributed by atoms with Crippen LogP contribution < -0.4 is 10.6 Å². The molecule has 0 heterocycles. The van der Waals surface area contributed by atoms with Crippen molar-refractivity contribution in [3.63, 3.8) is 0 Å². The van der Waals surface area contributed by atoms with Gasteiger partial charge >= 0.3 is 6.18 Å². The number of amides is 2. The molecule has 3 N–H and O–H groups in total. The quantitative estimate of drug-likeness (QED) is 0.658. The van der Waals surface area contributed by atoms with E-state index in [1.807, 2.05) is 0 Å². The number of benzene rings is 2. The van der Waals surface area contributed by atoms with Crippen LogP contribution in [0.15, 0.2) is 48.5 Å². The lowest BCUT2D eigenvalue weighted by molar-refractivity contribution is -0.137. The van der Waals surface area contributed by atoms with Crippen LogP contribution in [0.3, 0.4) is 0 Å². The Morgan fingerprint density at radius 2 is 1.86 bits per heavy atom. The number of hydrogen-bond acceptors (Lipinski definition) is 4. The second kappa shape index (κ2) is 8.90. The molecule has 0 aliphatic carbocycles. The lowest BCUT2D eigenvalue weighted by Gasteiger charge is -2.18. The number of phenolic OH excluding ortho intramolecular Hbond substituents is 1. The number of phenols is 1. The fourth-order valence-corrected chi connectivity index (χ4v) is 2.46. The minimum Gasteiger partial charge on any atom is -0.508 e. The molecule has 0 spiro atoms. The molecule has 0 saturated carbocycles. The second-order valence-corrected chi connectivity index (χ2v) is 5.85. The molecule has 2 amide bonds. The highest BCUT2D eigenvalue weighted by Crippen LogP contribution is 2.29. The normalized spacial score (nSPS) is 11.9. The molecule has 2 rings (SSSR count). The summed E-state index contributed by atoms with van der Waals surface area (Å²) in [6.07, 6.45) is -4.64. The molecule has 6 nitrogen and oxygen atoms in total. The van der Waals surface area contributed by atoms with E-state index in [0.29, 0.717) is 11.6 Å². The van der Waals surface area contributed by atoms with Crippen LogP contribution in [0.25, 0.3) is 0 Å². The maximum absolute atomic E-state index is 12.8. The molecule has 28 heavy (non-hydrogen) atoms. The maximum Gasteiger partial charge on any atom is 0.416 e. The lowest BCUT2D eigenvalue weighted by Crippen LogP contribution is -2.48. The first-order valence-corrected chi connectivity index (χ1v) is 8.11. The summed E-state index contributed by atoms with van der Waals surface area (Å²) >= 11 is 0. The number of hydrogen-bond donors (Lipinski definition) is 3. The van der Waals surface area contributed by atoms with Crippen LogP contribution in [0.2, 0.25) is 0 Å². The van der Waals surface area contributed by atoms with Crippen LogP contribution in [0.5, 0.6) is 5.75 Å². The number of carbonyl (C=O) groups is 2. The Morgan fingerprint density at radius 1 is 1.14 bits per heavy atom. The van der Waals surface area contributed by atoms with E-state index in [4.69, 9.17) is 5.26 Å². The Labute approximate surface area is 158 Å². The highest BCUT2D eigenvalue weighted by atomic mass is 19.4. The summed E-state index contributed by atoms with van der Waals surface area (Å²) in [6, 6.07) is 10.4. The summed E-state index contributed by atoms with van der Waals surface area (Å²) in [4.78, 5) is 24.7. The average Bonchev–Trinajstić information content (AvgIpc) is 2.65. The summed E-state index contributed by atoms with van der Waals surface area (Å²) in [6.45, 7) is -0.297. The van der Waals surface area contributed by atoms with Gasteiger partial charge in [0.05, 0.1) is 11.6 Å². The van der Waals surface area contributed by atoms with E-state index >= 15 is 0 Å². The first-order chi connectivity index (χ1) is 13.2. The monoisotopic (exact) mass is 391 g/mol. The highest BCUT2D eigenvalue weighted by Gasteiger charge is 2.31. The summed E-state index contributed by atoms with van der Waals surface area (Å²) in [5.74, 6) is -1.59. The standard InChI is InChI=1S/C19H16F3N3O3/c20-19(21,22)14-5-2-4-13(11-14)17(27)25-16(18(28)24-8-7-23)10-12-3-1-6-15(26)9-12/h1-6,9,11,16,26H,8,10H2,(H,24,28)(H,25,27)/t16-/m0/s1. The van der Waals surface area contributed by atoms with E-state index in [2.05, 4.69) is 10.6 Å². The molecule has 0 aromatic heterocycles. The summed E-state index contributed by atoms with van der Waals surface area (Å²) in [7, 11) is 0. The Hall–Kier alpha value is -3.54. The van der Waals surface area contributed by atoms with Gasteiger partial charge in [-0.3, -0.25) is 9.59 Å². The van der Waals surface area contributed by atoms with Crippen LogP contribution in [0.1, 0.15) is 21.5 Å². The van der Waals surface area contributed by atoms with Crippen molar-refractivity contribution in [2.75, 3.05) is 6.54 Å². The van der Waals surface area contributed by atoms with Gasteiger partial charge in [-0.2, -0.15) is 18.4 Å². The van der Waals surface area contributed by atoms with Crippen LogP contribution in [0, 0.1) is 11.3 Å². The predicted octanol–water partition coefficient (Wildman–Crippen LogP) is 2.39. The van der Waals surface area contributed by atoms with E-state index in [1.54, 1.807) is 18.2 Å². The van der Waals surface area contributed by atoms with Gasteiger partial charge in [-0.05, 0) is 35.9 Å². The van der Waals surface area contributed by atoms with Gasteiger partial charge < -0.3 is 15.7 Å². The number of nitriles is 1. The number of nitrogens with zero attached hydrogens (tertiary/aromatic N) is 1. The Bertz CT molecular complexity index is 907. The fourth-order valence-electron chi connectivity index (χ4n) is 2.46. The minimum absolute atomic E-state index is 0.0314. The second-order valence-electron chi connectivity index (χ2n) is 5.85.